The summed E-state index contributed by atoms with van der Waals surface area (Å²) in [5.74, 6) is -3.61. The molecule has 6 aliphatic rings. The first-order valence-corrected chi connectivity index (χ1v) is 20.8. The zero-order valence-corrected chi connectivity index (χ0v) is 34.4. The lowest BCUT2D eigenvalue weighted by Gasteiger charge is -2.50. The van der Waals surface area contributed by atoms with Crippen LogP contribution in [0.5, 0.6) is 0 Å². The number of hydrogen-bond acceptors (Lipinski definition) is 22. The van der Waals surface area contributed by atoms with Gasteiger partial charge in [-0.15, -0.1) is 0 Å². The first-order chi connectivity index (χ1) is 29.4. The highest BCUT2D eigenvalue weighted by atomic mass is 16.7. The van der Waals surface area contributed by atoms with E-state index in [2.05, 4.69) is 0 Å². The number of methoxy groups -OCH3 is 2. The Bertz CT molecular complexity index is 1450. The molecule has 358 valence electrons. The van der Waals surface area contributed by atoms with Crippen LogP contribution in [-0.4, -0.2) is 246 Å². The number of aliphatic hydroxyl groups excluding tert-OH is 11. The number of esters is 1. The molecule has 0 radical (unpaired) electrons. The Labute approximate surface area is 355 Å². The molecule has 0 aromatic carbocycles. The standard InChI is InChI=1S/C38H62O24/c1-12-34(62-24(43)9-23(41)42)30(49)33(52)36(56-12)55-11-22-27(46)29(48)32(51)38(61-22)59-20-8-15-16(57-35(20)13-4-18(53-2)25(44)19(5-13)54-3)6-14(40)7-17(15)58-37-31(50)28(47)26(45)21(10-39)60-37/h12-22,25-40,44-52H,4-11H2,1-3H3,(H,41,42)/p+1/t12-,13?,14?,15?,16?,17?,18?,19?,20?,21+,22+,25?,26+,27+,28-,29-,30-,31+,32+,33+,34-,35?,36+,37+,38+/m0/s1. The molecule has 2 saturated carbocycles. The van der Waals surface area contributed by atoms with E-state index in [1.165, 1.54) is 21.1 Å². The molecule has 0 spiro atoms. The second-order valence-electron chi connectivity index (χ2n) is 17.1. The van der Waals surface area contributed by atoms with E-state index in [1.54, 1.807) is 0 Å². The van der Waals surface area contributed by atoms with E-state index in [1.807, 2.05) is 0 Å². The summed E-state index contributed by atoms with van der Waals surface area (Å²) in [6.45, 7) is 0.0636. The van der Waals surface area contributed by atoms with Crippen molar-refractivity contribution in [2.75, 3.05) is 27.4 Å². The van der Waals surface area contributed by atoms with Crippen LogP contribution < -0.4 is 0 Å². The Morgan fingerprint density at radius 2 is 1.19 bits per heavy atom. The maximum Gasteiger partial charge on any atom is 0.317 e. The fraction of sp³-hybridized carbons (Fsp3) is 0.947. The molecular weight excluding hydrogens is 840 g/mol. The molecule has 8 unspecified atom stereocenters. The highest BCUT2D eigenvalue weighted by Crippen LogP contribution is 2.44. The van der Waals surface area contributed by atoms with Crippen molar-refractivity contribution in [2.45, 2.75) is 186 Å². The summed E-state index contributed by atoms with van der Waals surface area (Å²) >= 11 is 0. The first-order valence-electron chi connectivity index (χ1n) is 20.8. The monoisotopic (exact) mass is 903 g/mol. The van der Waals surface area contributed by atoms with Crippen LogP contribution >= 0.6 is 0 Å². The number of carbonyl (C=O) groups is 2. The molecule has 4 saturated heterocycles. The van der Waals surface area contributed by atoms with Crippen LogP contribution in [0.15, 0.2) is 0 Å². The van der Waals surface area contributed by atoms with E-state index in [0.717, 1.165) is 0 Å². The van der Waals surface area contributed by atoms with Crippen molar-refractivity contribution in [1.29, 1.82) is 0 Å². The third kappa shape index (κ3) is 10.7. The molecule has 0 aromatic rings. The minimum absolute atomic E-state index is 0.0248. The van der Waals surface area contributed by atoms with Crippen molar-refractivity contribution in [3.05, 3.63) is 0 Å². The van der Waals surface area contributed by atoms with Crippen LogP contribution in [0.2, 0.25) is 0 Å². The highest BCUT2D eigenvalue weighted by molar-refractivity contribution is 5.90. The van der Waals surface area contributed by atoms with Gasteiger partial charge in [0.15, 0.2) is 37.2 Å². The normalized spacial score (nSPS) is 50.1. The summed E-state index contributed by atoms with van der Waals surface area (Å²) in [5, 5.41) is 127. The Morgan fingerprint density at radius 3 is 1.77 bits per heavy atom. The van der Waals surface area contributed by atoms with Crippen molar-refractivity contribution in [1.82, 2.24) is 0 Å². The number of aliphatic hydroxyl groups is 13. The van der Waals surface area contributed by atoms with Crippen molar-refractivity contribution < 1.29 is 118 Å². The number of aliphatic carboxylic acids is 1. The first kappa shape index (κ1) is 49.6. The summed E-state index contributed by atoms with van der Waals surface area (Å²) in [4.78, 5) is 22.9. The molecule has 0 bridgehead atoms. The number of carbonyl (C=O) groups excluding carboxylic acids is 1. The summed E-state index contributed by atoms with van der Waals surface area (Å²) in [6.07, 6.45) is -30.9. The Morgan fingerprint density at radius 1 is 0.629 bits per heavy atom. The van der Waals surface area contributed by atoms with Gasteiger partial charge in [-0.2, -0.15) is 0 Å². The Hall–Kier alpha value is -1.86. The molecule has 13 N–H and O–H groups in total. The van der Waals surface area contributed by atoms with E-state index in [-0.39, 0.29) is 38.0 Å². The maximum atomic E-state index is 11.9. The summed E-state index contributed by atoms with van der Waals surface area (Å²) < 4.78 is 57.0. The fourth-order valence-electron chi connectivity index (χ4n) is 9.63. The smallest absolute Gasteiger partial charge is 0.317 e. The number of rotatable bonds is 14. The molecule has 4 heterocycles. The van der Waals surface area contributed by atoms with E-state index in [0.29, 0.717) is 0 Å². The largest absolute Gasteiger partial charge is 0.481 e. The van der Waals surface area contributed by atoms with Gasteiger partial charge in [-0.1, -0.05) is 0 Å². The lowest BCUT2D eigenvalue weighted by Crippen LogP contribution is -2.65. The van der Waals surface area contributed by atoms with Gasteiger partial charge in [-0.05, 0) is 26.2 Å². The maximum absolute atomic E-state index is 11.9. The molecule has 24 nitrogen and oxygen atoms in total. The summed E-state index contributed by atoms with van der Waals surface area (Å²) in [5.41, 5.74) is 0. The number of carboxylic acids is 1. The van der Waals surface area contributed by atoms with Crippen LogP contribution in [0.4, 0.5) is 0 Å². The van der Waals surface area contributed by atoms with Gasteiger partial charge in [0.25, 0.3) is 0 Å². The minimum Gasteiger partial charge on any atom is -0.481 e. The zero-order chi connectivity index (χ0) is 45.3. The van der Waals surface area contributed by atoms with Gasteiger partial charge in [0.1, 0.15) is 79.7 Å². The van der Waals surface area contributed by atoms with Gasteiger partial charge < -0.3 is 109 Å². The molecule has 6 rings (SSSR count). The predicted octanol–water partition coefficient (Wildman–Crippen LogP) is -6.53. The Balaban J connectivity index is 1.20. The zero-order valence-electron chi connectivity index (χ0n) is 34.4. The van der Waals surface area contributed by atoms with Crippen molar-refractivity contribution in [3.8, 4) is 0 Å². The fourth-order valence-corrected chi connectivity index (χ4v) is 9.63. The molecular formula is C38H63O24+. The minimum atomic E-state index is -1.87. The number of fused-ring (bicyclic) bond motifs is 1. The number of hydrogen-bond donors (Lipinski definition) is 12. The quantitative estimate of drug-likeness (QED) is 0.0438. The molecule has 2 aliphatic carbocycles. The number of carboxylic acid groups (broad SMARTS) is 1. The SMILES string of the molecule is COC1CC(C2[OH+]C3CC(O)CC(O[C@@H]4O[C@H](CO)[C@@H](O)[C@H](O)[C@H]4O)C3CC2O[C@@H]2O[C@H](CO[C@@H]3O[C@@H](C)[C@H](OC(=O)CC(=O)O)[C@@H](O)[C@H]3O)[C@@H](O)[C@H](O)[C@H]2O)CC(OC)C1O. The highest BCUT2D eigenvalue weighted by Gasteiger charge is 2.58. The summed E-state index contributed by atoms with van der Waals surface area (Å²) in [7, 11) is 2.89. The molecule has 24 heteroatoms. The second-order valence-corrected chi connectivity index (χ2v) is 17.1. The molecule has 4 aliphatic heterocycles. The molecule has 62 heavy (non-hydrogen) atoms. The van der Waals surface area contributed by atoms with Gasteiger partial charge >= 0.3 is 11.9 Å². The van der Waals surface area contributed by atoms with Crippen LogP contribution in [-0.2, 0) is 52.2 Å². The van der Waals surface area contributed by atoms with Crippen molar-refractivity contribution in [3.63, 3.8) is 0 Å². The van der Waals surface area contributed by atoms with Gasteiger partial charge in [-0.25, -0.2) is 0 Å². The topological polar surface area (TPSA) is 373 Å². The number of ether oxygens (including phenoxy) is 10. The average molecular weight is 904 g/mol. The van der Waals surface area contributed by atoms with E-state index < -0.39 is 178 Å². The van der Waals surface area contributed by atoms with Gasteiger partial charge in [0, 0.05) is 33.0 Å². The second kappa shape index (κ2) is 21.2. The lowest BCUT2D eigenvalue weighted by atomic mass is 9.72. The van der Waals surface area contributed by atoms with Crippen LogP contribution in [0, 0.1) is 11.8 Å². The van der Waals surface area contributed by atoms with Gasteiger partial charge in [-0.3, -0.25) is 9.59 Å². The van der Waals surface area contributed by atoms with Crippen molar-refractivity contribution in [2.24, 2.45) is 11.8 Å². The third-order valence-corrected chi connectivity index (χ3v) is 13.1. The van der Waals surface area contributed by atoms with Crippen LogP contribution in [0.25, 0.3) is 0 Å². The molecule has 0 aromatic heterocycles. The van der Waals surface area contributed by atoms with Crippen molar-refractivity contribution >= 4 is 11.9 Å². The molecule has 6 fully saturated rings. The predicted molar refractivity (Wildman–Crippen MR) is 198 cm³/mol. The van der Waals surface area contributed by atoms with Crippen LogP contribution in [0.3, 0.4) is 0 Å². The third-order valence-electron chi connectivity index (χ3n) is 13.1. The Kier molecular flexibility index (Phi) is 16.9. The average Bonchev–Trinajstić information content (AvgIpc) is 3.23. The van der Waals surface area contributed by atoms with E-state index in [9.17, 15) is 65.8 Å². The lowest BCUT2D eigenvalue weighted by molar-refractivity contribution is -0.371. The molecule has 0 amide bonds. The van der Waals surface area contributed by atoms with Crippen LogP contribution in [0.1, 0.15) is 45.4 Å². The van der Waals surface area contributed by atoms with E-state index >= 15 is 0 Å². The van der Waals surface area contributed by atoms with E-state index in [4.69, 9.17) is 52.5 Å². The van der Waals surface area contributed by atoms with Gasteiger partial charge in [0.2, 0.25) is 0 Å². The summed E-state index contributed by atoms with van der Waals surface area (Å²) in [6, 6.07) is 0. The van der Waals surface area contributed by atoms with Gasteiger partial charge in [0.05, 0.1) is 49.7 Å². The molecule has 23 atom stereocenters.